The number of ether oxygens (including phenoxy) is 1. The van der Waals surface area contributed by atoms with E-state index in [1.165, 1.54) is 13.4 Å². The van der Waals surface area contributed by atoms with Crippen molar-refractivity contribution in [2.45, 2.75) is 6.10 Å². The molecule has 7 heteroatoms. The van der Waals surface area contributed by atoms with Gasteiger partial charge in [0.1, 0.15) is 11.9 Å². The summed E-state index contributed by atoms with van der Waals surface area (Å²) in [6, 6.07) is 10.7. The summed E-state index contributed by atoms with van der Waals surface area (Å²) in [6.45, 7) is 0.135. The first kappa shape index (κ1) is 17.6. The maximum absolute atomic E-state index is 11.9. The Labute approximate surface area is 140 Å². The van der Waals surface area contributed by atoms with E-state index in [0.29, 0.717) is 11.4 Å². The molecule has 2 N–H and O–H groups in total. The van der Waals surface area contributed by atoms with Crippen molar-refractivity contribution in [1.29, 1.82) is 0 Å². The number of rotatable bonds is 6. The monoisotopic (exact) mass is 331 g/mol. The van der Waals surface area contributed by atoms with Crippen LogP contribution in [0, 0.1) is 0 Å². The zero-order valence-electron chi connectivity index (χ0n) is 13.9. The Morgan fingerprint density at radius 2 is 1.88 bits per heavy atom. The van der Waals surface area contributed by atoms with Crippen molar-refractivity contribution in [2.24, 2.45) is 0 Å². The molecule has 1 aromatic carbocycles. The summed E-state index contributed by atoms with van der Waals surface area (Å²) in [5.41, 5.74) is 1.55. The van der Waals surface area contributed by atoms with Crippen LogP contribution in [0.4, 0.5) is 11.4 Å². The molecule has 24 heavy (non-hydrogen) atoms. The predicted molar refractivity (Wildman–Crippen MR) is 90.9 cm³/mol. The van der Waals surface area contributed by atoms with E-state index in [2.05, 4.69) is 10.6 Å². The van der Waals surface area contributed by atoms with E-state index in [-0.39, 0.29) is 6.54 Å². The van der Waals surface area contributed by atoms with Crippen LogP contribution < -0.4 is 15.5 Å². The maximum Gasteiger partial charge on any atom is 0.313 e. The number of carbonyl (C=O) groups is 2. The Balaban J connectivity index is 1.86. The number of nitrogens with zero attached hydrogens (tertiary/aromatic N) is 1. The van der Waals surface area contributed by atoms with Crippen molar-refractivity contribution in [3.05, 3.63) is 48.4 Å². The summed E-state index contributed by atoms with van der Waals surface area (Å²) in [7, 11) is 5.35. The van der Waals surface area contributed by atoms with Gasteiger partial charge in [0.2, 0.25) is 0 Å². The lowest BCUT2D eigenvalue weighted by Crippen LogP contribution is -2.37. The van der Waals surface area contributed by atoms with Gasteiger partial charge in [-0.15, -0.1) is 0 Å². The van der Waals surface area contributed by atoms with E-state index >= 15 is 0 Å². The second-order valence-corrected chi connectivity index (χ2v) is 5.35. The van der Waals surface area contributed by atoms with E-state index in [1.54, 1.807) is 24.3 Å². The third kappa shape index (κ3) is 4.60. The number of nitrogens with one attached hydrogen (secondary N) is 2. The lowest BCUT2D eigenvalue weighted by Gasteiger charge is -2.14. The first-order valence-electron chi connectivity index (χ1n) is 7.44. The average Bonchev–Trinajstić information content (AvgIpc) is 3.10. The van der Waals surface area contributed by atoms with Crippen molar-refractivity contribution >= 4 is 23.2 Å². The van der Waals surface area contributed by atoms with Gasteiger partial charge >= 0.3 is 11.8 Å². The number of methoxy groups -OCH3 is 1. The third-order valence-electron chi connectivity index (χ3n) is 3.44. The number of hydrogen-bond donors (Lipinski definition) is 2. The summed E-state index contributed by atoms with van der Waals surface area (Å²) < 4.78 is 10.5. The first-order chi connectivity index (χ1) is 11.5. The quantitative estimate of drug-likeness (QED) is 0.789. The number of furan rings is 1. The van der Waals surface area contributed by atoms with Gasteiger partial charge in [0.15, 0.2) is 0 Å². The number of anilines is 2. The highest BCUT2D eigenvalue weighted by molar-refractivity contribution is 6.39. The summed E-state index contributed by atoms with van der Waals surface area (Å²) in [4.78, 5) is 25.8. The minimum Gasteiger partial charge on any atom is -0.467 e. The highest BCUT2D eigenvalue weighted by Crippen LogP contribution is 2.16. The molecule has 1 heterocycles. The molecular formula is C17H21N3O4. The molecule has 0 bridgehead atoms. The van der Waals surface area contributed by atoms with Gasteiger partial charge in [-0.1, -0.05) is 0 Å². The van der Waals surface area contributed by atoms with Crippen LogP contribution >= 0.6 is 0 Å². The summed E-state index contributed by atoms with van der Waals surface area (Å²) in [5.74, 6) is -0.889. The van der Waals surface area contributed by atoms with E-state index < -0.39 is 17.9 Å². The Kier molecular flexibility index (Phi) is 5.97. The molecule has 0 spiro atoms. The molecule has 7 nitrogen and oxygen atoms in total. The normalized spacial score (nSPS) is 11.6. The summed E-state index contributed by atoms with van der Waals surface area (Å²) >= 11 is 0. The van der Waals surface area contributed by atoms with Crippen molar-refractivity contribution in [3.63, 3.8) is 0 Å². The smallest absolute Gasteiger partial charge is 0.313 e. The van der Waals surface area contributed by atoms with Crippen LogP contribution in [-0.2, 0) is 14.3 Å². The molecule has 128 valence electrons. The Morgan fingerprint density at radius 1 is 1.17 bits per heavy atom. The summed E-state index contributed by atoms with van der Waals surface area (Å²) in [6.07, 6.45) is 1.07. The standard InChI is InChI=1S/C17H21N3O4/c1-20(2)13-8-6-12(7-9-13)19-17(22)16(21)18-11-15(23-3)14-5-4-10-24-14/h4-10,15H,11H2,1-3H3,(H,18,21)(H,19,22). The first-order valence-corrected chi connectivity index (χ1v) is 7.44. The van der Waals surface area contributed by atoms with Crippen molar-refractivity contribution in [1.82, 2.24) is 5.32 Å². The molecule has 0 saturated carbocycles. The number of amides is 2. The van der Waals surface area contributed by atoms with Gasteiger partial charge < -0.3 is 24.7 Å². The van der Waals surface area contributed by atoms with Crippen molar-refractivity contribution in [2.75, 3.05) is 38.0 Å². The summed E-state index contributed by atoms with van der Waals surface area (Å²) in [5, 5.41) is 5.08. The molecule has 1 unspecified atom stereocenters. The highest BCUT2D eigenvalue weighted by Gasteiger charge is 2.18. The minimum atomic E-state index is -0.736. The van der Waals surface area contributed by atoms with Gasteiger partial charge in [-0.25, -0.2) is 0 Å². The van der Waals surface area contributed by atoms with Crippen LogP contribution in [0.5, 0.6) is 0 Å². The molecule has 0 fully saturated rings. The fraction of sp³-hybridized carbons (Fsp3) is 0.294. The van der Waals surface area contributed by atoms with Gasteiger partial charge in [0.25, 0.3) is 0 Å². The molecule has 1 aromatic heterocycles. The molecule has 2 amide bonds. The van der Waals surface area contributed by atoms with Gasteiger partial charge in [-0.2, -0.15) is 0 Å². The van der Waals surface area contributed by atoms with E-state index in [4.69, 9.17) is 9.15 Å². The zero-order valence-corrected chi connectivity index (χ0v) is 13.9. The SMILES string of the molecule is COC(CNC(=O)C(=O)Nc1ccc(N(C)C)cc1)c1ccco1. The number of hydrogen-bond acceptors (Lipinski definition) is 5. The van der Waals surface area contributed by atoms with E-state index in [0.717, 1.165) is 5.69 Å². The van der Waals surface area contributed by atoms with Gasteiger partial charge in [0.05, 0.1) is 12.8 Å². The Hall–Kier alpha value is -2.80. The van der Waals surface area contributed by atoms with Crippen LogP contribution in [0.1, 0.15) is 11.9 Å². The second kappa shape index (κ2) is 8.16. The Bertz CT molecular complexity index is 666. The van der Waals surface area contributed by atoms with Gasteiger partial charge in [0, 0.05) is 32.6 Å². The maximum atomic E-state index is 11.9. The third-order valence-corrected chi connectivity index (χ3v) is 3.44. The molecule has 0 aliphatic carbocycles. The van der Waals surface area contributed by atoms with Crippen LogP contribution in [0.25, 0.3) is 0 Å². The zero-order chi connectivity index (χ0) is 17.5. The molecule has 0 aliphatic rings. The lowest BCUT2D eigenvalue weighted by atomic mass is 10.2. The molecule has 2 aromatic rings. The number of benzene rings is 1. The minimum absolute atomic E-state index is 0.135. The van der Waals surface area contributed by atoms with Crippen LogP contribution in [0.15, 0.2) is 47.1 Å². The fourth-order valence-corrected chi connectivity index (χ4v) is 2.07. The average molecular weight is 331 g/mol. The molecule has 0 saturated heterocycles. The van der Waals surface area contributed by atoms with Crippen molar-refractivity contribution in [3.8, 4) is 0 Å². The Morgan fingerprint density at radius 3 is 2.42 bits per heavy atom. The molecule has 1 atom stereocenters. The molecule has 0 radical (unpaired) electrons. The van der Waals surface area contributed by atoms with Gasteiger partial charge in [-0.3, -0.25) is 9.59 Å². The fourth-order valence-electron chi connectivity index (χ4n) is 2.07. The van der Waals surface area contributed by atoms with E-state index in [9.17, 15) is 9.59 Å². The van der Waals surface area contributed by atoms with Crippen molar-refractivity contribution < 1.29 is 18.7 Å². The molecular weight excluding hydrogens is 310 g/mol. The number of carbonyl (C=O) groups excluding carboxylic acids is 2. The molecule has 2 rings (SSSR count). The van der Waals surface area contributed by atoms with Crippen LogP contribution in [0.3, 0.4) is 0 Å². The predicted octanol–water partition coefficient (Wildman–Crippen LogP) is 1.79. The van der Waals surface area contributed by atoms with Crippen LogP contribution in [-0.4, -0.2) is 39.6 Å². The molecule has 0 aliphatic heterocycles. The highest BCUT2D eigenvalue weighted by atomic mass is 16.5. The van der Waals surface area contributed by atoms with Crippen LogP contribution in [0.2, 0.25) is 0 Å². The second-order valence-electron chi connectivity index (χ2n) is 5.35. The lowest BCUT2D eigenvalue weighted by molar-refractivity contribution is -0.136. The van der Waals surface area contributed by atoms with E-state index in [1.807, 2.05) is 31.1 Å². The largest absolute Gasteiger partial charge is 0.467 e. The van der Waals surface area contributed by atoms with Gasteiger partial charge in [-0.05, 0) is 36.4 Å². The topological polar surface area (TPSA) is 83.8 Å².